The predicted octanol–water partition coefficient (Wildman–Crippen LogP) is 2.89. The standard InChI is InChI=1S/C24H25N5O3S/c25-21(30)17-6-1-4-15-8-13-29(14-18(15)17)24-27-20(23(31)32)19(33-24)7-3-11-28-12-9-16-5-2-10-26-22(16)28/h1-2,4-6,10H,3,7-9,11-14H2,(H2,25,30)(H,31,32). The van der Waals surface area contributed by atoms with Crippen LogP contribution in [0, 0.1) is 0 Å². The van der Waals surface area contributed by atoms with E-state index in [9.17, 15) is 14.7 Å². The van der Waals surface area contributed by atoms with E-state index in [-0.39, 0.29) is 5.69 Å². The molecular weight excluding hydrogens is 438 g/mol. The Labute approximate surface area is 195 Å². The van der Waals surface area contributed by atoms with Gasteiger partial charge in [0, 0.05) is 42.8 Å². The maximum absolute atomic E-state index is 11.9. The Bertz CT molecular complexity index is 1220. The summed E-state index contributed by atoms with van der Waals surface area (Å²) in [5.41, 5.74) is 9.50. The van der Waals surface area contributed by atoms with Crippen LogP contribution in [0.25, 0.3) is 0 Å². The molecule has 2 aliphatic heterocycles. The highest BCUT2D eigenvalue weighted by Crippen LogP contribution is 2.33. The zero-order valence-corrected chi connectivity index (χ0v) is 19.0. The van der Waals surface area contributed by atoms with Gasteiger partial charge in [-0.15, -0.1) is 11.3 Å². The molecule has 1 amide bonds. The van der Waals surface area contributed by atoms with Crippen molar-refractivity contribution in [2.24, 2.45) is 5.73 Å². The number of nitrogens with two attached hydrogens (primary N) is 1. The minimum atomic E-state index is -1.00. The number of fused-ring (bicyclic) bond motifs is 2. The van der Waals surface area contributed by atoms with Crippen LogP contribution in [0.3, 0.4) is 0 Å². The fraction of sp³-hybridized carbons (Fsp3) is 0.333. The number of benzene rings is 1. The average molecular weight is 464 g/mol. The van der Waals surface area contributed by atoms with E-state index in [2.05, 4.69) is 25.8 Å². The van der Waals surface area contributed by atoms with Crippen LogP contribution in [0.2, 0.25) is 0 Å². The Hall–Kier alpha value is -3.46. The topological polar surface area (TPSA) is 113 Å². The van der Waals surface area contributed by atoms with E-state index >= 15 is 0 Å². The van der Waals surface area contributed by atoms with Gasteiger partial charge < -0.3 is 20.6 Å². The fourth-order valence-electron chi connectivity index (χ4n) is 4.71. The molecule has 4 heterocycles. The lowest BCUT2D eigenvalue weighted by Crippen LogP contribution is -2.32. The molecule has 0 fully saturated rings. The third-order valence-electron chi connectivity index (χ3n) is 6.35. The van der Waals surface area contributed by atoms with Crippen molar-refractivity contribution in [2.75, 3.05) is 29.4 Å². The van der Waals surface area contributed by atoms with Crippen molar-refractivity contribution in [3.05, 3.63) is 69.4 Å². The maximum atomic E-state index is 11.9. The Kier molecular flexibility index (Phi) is 5.72. The number of aromatic nitrogens is 2. The van der Waals surface area contributed by atoms with Crippen molar-refractivity contribution < 1.29 is 14.7 Å². The van der Waals surface area contributed by atoms with Gasteiger partial charge in [-0.3, -0.25) is 4.79 Å². The van der Waals surface area contributed by atoms with Crippen LogP contribution < -0.4 is 15.5 Å². The van der Waals surface area contributed by atoms with Gasteiger partial charge in [-0.25, -0.2) is 14.8 Å². The predicted molar refractivity (Wildman–Crippen MR) is 127 cm³/mol. The van der Waals surface area contributed by atoms with E-state index in [1.54, 1.807) is 6.07 Å². The third kappa shape index (κ3) is 4.16. The number of aromatic carboxylic acids is 1. The summed E-state index contributed by atoms with van der Waals surface area (Å²) in [7, 11) is 0. The smallest absolute Gasteiger partial charge is 0.355 e. The average Bonchev–Trinajstić information content (AvgIpc) is 3.43. The SMILES string of the molecule is NC(=O)c1cccc2c1CN(c1nc(C(=O)O)c(CCCN3CCc4cccnc43)s1)CC2. The van der Waals surface area contributed by atoms with Crippen LogP contribution in [-0.2, 0) is 25.8 Å². The summed E-state index contributed by atoms with van der Waals surface area (Å²) < 4.78 is 0. The van der Waals surface area contributed by atoms with Gasteiger partial charge in [-0.2, -0.15) is 0 Å². The minimum Gasteiger partial charge on any atom is -0.476 e. The molecule has 2 aromatic heterocycles. The monoisotopic (exact) mass is 463 g/mol. The Balaban J connectivity index is 1.31. The van der Waals surface area contributed by atoms with Gasteiger partial charge in [0.05, 0.1) is 0 Å². The molecule has 33 heavy (non-hydrogen) atoms. The lowest BCUT2D eigenvalue weighted by Gasteiger charge is -2.29. The van der Waals surface area contributed by atoms with Gasteiger partial charge in [-0.1, -0.05) is 18.2 Å². The number of hydrogen-bond acceptors (Lipinski definition) is 7. The highest BCUT2D eigenvalue weighted by atomic mass is 32.1. The summed E-state index contributed by atoms with van der Waals surface area (Å²) in [6.45, 7) is 2.99. The van der Waals surface area contributed by atoms with Gasteiger partial charge in [-0.05, 0) is 54.5 Å². The molecule has 0 atom stereocenters. The van der Waals surface area contributed by atoms with Crippen molar-refractivity contribution >= 4 is 34.2 Å². The molecule has 5 rings (SSSR count). The van der Waals surface area contributed by atoms with Gasteiger partial charge in [0.15, 0.2) is 10.8 Å². The molecule has 3 N–H and O–H groups in total. The summed E-state index contributed by atoms with van der Waals surface area (Å²) in [4.78, 5) is 37.8. The second-order valence-electron chi connectivity index (χ2n) is 8.38. The molecule has 0 saturated heterocycles. The molecule has 0 radical (unpaired) electrons. The summed E-state index contributed by atoms with van der Waals surface area (Å²) >= 11 is 1.44. The van der Waals surface area contributed by atoms with Crippen LogP contribution in [0.15, 0.2) is 36.5 Å². The van der Waals surface area contributed by atoms with Gasteiger partial charge in [0.1, 0.15) is 5.82 Å². The molecule has 0 bridgehead atoms. The van der Waals surface area contributed by atoms with Crippen LogP contribution in [0.4, 0.5) is 10.9 Å². The first-order chi connectivity index (χ1) is 16.0. The van der Waals surface area contributed by atoms with Gasteiger partial charge in [0.25, 0.3) is 0 Å². The molecular formula is C24H25N5O3S. The number of carbonyl (C=O) groups is 2. The molecule has 1 aromatic carbocycles. The van der Waals surface area contributed by atoms with E-state index in [1.807, 2.05) is 24.4 Å². The largest absolute Gasteiger partial charge is 0.476 e. The fourth-order valence-corrected chi connectivity index (χ4v) is 5.82. The first kappa shape index (κ1) is 21.4. The number of carbonyl (C=O) groups excluding carboxylic acids is 1. The quantitative estimate of drug-likeness (QED) is 0.554. The number of carboxylic acid groups (broad SMARTS) is 1. The van der Waals surface area contributed by atoms with Crippen LogP contribution in [0.5, 0.6) is 0 Å². The molecule has 2 aliphatic rings. The number of nitrogens with zero attached hydrogens (tertiary/aromatic N) is 4. The molecule has 3 aromatic rings. The molecule has 170 valence electrons. The van der Waals surface area contributed by atoms with Crippen molar-refractivity contribution in [2.45, 2.75) is 32.2 Å². The van der Waals surface area contributed by atoms with Crippen molar-refractivity contribution in [3.63, 3.8) is 0 Å². The van der Waals surface area contributed by atoms with Gasteiger partial charge in [0.2, 0.25) is 5.91 Å². The summed E-state index contributed by atoms with van der Waals surface area (Å²) in [6, 6.07) is 9.69. The van der Waals surface area contributed by atoms with Crippen molar-refractivity contribution in [1.29, 1.82) is 0 Å². The summed E-state index contributed by atoms with van der Waals surface area (Å²) in [5, 5.41) is 10.4. The van der Waals surface area contributed by atoms with Crippen LogP contribution in [0.1, 0.15) is 48.8 Å². The zero-order chi connectivity index (χ0) is 22.9. The van der Waals surface area contributed by atoms with Crippen molar-refractivity contribution in [3.8, 4) is 0 Å². The normalized spacial score (nSPS) is 14.8. The van der Waals surface area contributed by atoms with E-state index in [1.165, 1.54) is 16.9 Å². The lowest BCUT2D eigenvalue weighted by molar-refractivity contribution is 0.0690. The van der Waals surface area contributed by atoms with E-state index in [0.717, 1.165) is 60.7 Å². The van der Waals surface area contributed by atoms with Crippen molar-refractivity contribution in [1.82, 2.24) is 9.97 Å². The molecule has 0 spiro atoms. The number of amides is 1. The number of aryl methyl sites for hydroxylation is 1. The Morgan fingerprint density at radius 3 is 2.76 bits per heavy atom. The van der Waals surface area contributed by atoms with Crippen LogP contribution >= 0.6 is 11.3 Å². The number of hydrogen-bond donors (Lipinski definition) is 2. The highest BCUT2D eigenvalue weighted by molar-refractivity contribution is 7.15. The molecule has 8 nitrogen and oxygen atoms in total. The Morgan fingerprint density at radius 2 is 1.94 bits per heavy atom. The third-order valence-corrected chi connectivity index (χ3v) is 7.52. The maximum Gasteiger partial charge on any atom is 0.355 e. The molecule has 0 saturated carbocycles. The first-order valence-corrected chi connectivity index (χ1v) is 11.9. The molecule has 0 aliphatic carbocycles. The number of carboxylic acids is 1. The zero-order valence-electron chi connectivity index (χ0n) is 18.2. The number of anilines is 2. The number of thiazole rings is 1. The second-order valence-corrected chi connectivity index (χ2v) is 9.44. The summed E-state index contributed by atoms with van der Waals surface area (Å²) in [5.74, 6) is -0.410. The second kappa shape index (κ2) is 8.82. The van der Waals surface area contributed by atoms with E-state index in [0.29, 0.717) is 23.7 Å². The van der Waals surface area contributed by atoms with E-state index < -0.39 is 11.9 Å². The number of pyridine rings is 1. The first-order valence-electron chi connectivity index (χ1n) is 11.1. The minimum absolute atomic E-state index is 0.129. The Morgan fingerprint density at radius 1 is 1.12 bits per heavy atom. The molecule has 9 heteroatoms. The number of rotatable bonds is 7. The van der Waals surface area contributed by atoms with Gasteiger partial charge >= 0.3 is 5.97 Å². The summed E-state index contributed by atoms with van der Waals surface area (Å²) in [6.07, 6.45) is 5.05. The molecule has 0 unspecified atom stereocenters. The number of primary amides is 1. The highest BCUT2D eigenvalue weighted by Gasteiger charge is 2.26. The van der Waals surface area contributed by atoms with Crippen LogP contribution in [-0.4, -0.2) is 46.6 Å². The lowest BCUT2D eigenvalue weighted by atomic mass is 9.95. The van der Waals surface area contributed by atoms with E-state index in [4.69, 9.17) is 5.73 Å².